The molecule has 0 aliphatic heterocycles. The monoisotopic (exact) mass is 304 g/mol. The Kier molecular flexibility index (Phi) is 5.69. The molecular formula is C17H21FN2O2. The van der Waals surface area contributed by atoms with Crippen LogP contribution in [-0.4, -0.2) is 11.8 Å². The SMILES string of the molecule is C=CC(=O)Nc1cc(NC(=O)CCC2CCCC2)ccc1F. The summed E-state index contributed by atoms with van der Waals surface area (Å²) >= 11 is 0. The minimum atomic E-state index is -0.556. The topological polar surface area (TPSA) is 58.2 Å². The number of anilines is 2. The molecule has 0 saturated heterocycles. The number of rotatable bonds is 6. The molecule has 2 N–H and O–H groups in total. The highest BCUT2D eigenvalue weighted by molar-refractivity contribution is 5.99. The van der Waals surface area contributed by atoms with Crippen LogP contribution in [0, 0.1) is 11.7 Å². The summed E-state index contributed by atoms with van der Waals surface area (Å²) in [5.41, 5.74) is 0.496. The average molecular weight is 304 g/mol. The van der Waals surface area contributed by atoms with Crippen LogP contribution in [-0.2, 0) is 9.59 Å². The average Bonchev–Trinajstić information content (AvgIpc) is 3.02. The van der Waals surface area contributed by atoms with Crippen LogP contribution in [0.4, 0.5) is 15.8 Å². The van der Waals surface area contributed by atoms with Gasteiger partial charge >= 0.3 is 0 Å². The summed E-state index contributed by atoms with van der Waals surface area (Å²) in [5, 5.41) is 5.11. The molecule has 4 nitrogen and oxygen atoms in total. The van der Waals surface area contributed by atoms with E-state index < -0.39 is 11.7 Å². The smallest absolute Gasteiger partial charge is 0.247 e. The molecular weight excluding hydrogens is 283 g/mol. The maximum atomic E-state index is 13.6. The summed E-state index contributed by atoms with van der Waals surface area (Å²) < 4.78 is 13.6. The standard InChI is InChI=1S/C17H21FN2O2/c1-2-16(21)20-15-11-13(8-9-14(15)18)19-17(22)10-7-12-5-3-4-6-12/h2,8-9,11-12H,1,3-7,10H2,(H,19,22)(H,20,21). The van der Waals surface area contributed by atoms with Crippen LogP contribution in [0.2, 0.25) is 0 Å². The number of amides is 2. The molecule has 0 atom stereocenters. The lowest BCUT2D eigenvalue weighted by molar-refractivity contribution is -0.116. The predicted molar refractivity (Wildman–Crippen MR) is 85.0 cm³/mol. The molecule has 2 amide bonds. The maximum Gasteiger partial charge on any atom is 0.247 e. The minimum absolute atomic E-state index is 0.0264. The van der Waals surface area contributed by atoms with E-state index in [0.29, 0.717) is 18.0 Å². The highest BCUT2D eigenvalue weighted by Gasteiger charge is 2.16. The number of nitrogens with one attached hydrogen (secondary N) is 2. The number of benzene rings is 1. The Morgan fingerprint density at radius 1 is 1.27 bits per heavy atom. The van der Waals surface area contributed by atoms with Crippen molar-refractivity contribution in [1.29, 1.82) is 0 Å². The molecule has 1 saturated carbocycles. The molecule has 1 aromatic carbocycles. The highest BCUT2D eigenvalue weighted by Crippen LogP contribution is 2.28. The number of hydrogen-bond acceptors (Lipinski definition) is 2. The largest absolute Gasteiger partial charge is 0.326 e. The van der Waals surface area contributed by atoms with E-state index in [1.165, 1.54) is 43.9 Å². The van der Waals surface area contributed by atoms with Gasteiger partial charge in [0, 0.05) is 12.1 Å². The van der Waals surface area contributed by atoms with Crippen molar-refractivity contribution >= 4 is 23.2 Å². The van der Waals surface area contributed by atoms with Crippen LogP contribution in [0.15, 0.2) is 30.9 Å². The normalized spacial score (nSPS) is 14.6. The first kappa shape index (κ1) is 16.2. The number of hydrogen-bond donors (Lipinski definition) is 2. The van der Waals surface area contributed by atoms with Gasteiger partial charge in [-0.1, -0.05) is 32.3 Å². The third kappa shape index (κ3) is 4.69. The summed E-state index contributed by atoms with van der Waals surface area (Å²) in [4.78, 5) is 23.2. The second-order valence-electron chi connectivity index (χ2n) is 5.63. The van der Waals surface area contributed by atoms with Crippen LogP contribution in [0.3, 0.4) is 0 Å². The molecule has 0 radical (unpaired) electrons. The van der Waals surface area contributed by atoms with Crippen LogP contribution in [0.1, 0.15) is 38.5 Å². The Bertz CT molecular complexity index is 566. The molecule has 22 heavy (non-hydrogen) atoms. The summed E-state index contributed by atoms with van der Waals surface area (Å²) in [6.07, 6.45) is 7.37. The van der Waals surface area contributed by atoms with Gasteiger partial charge in [0.15, 0.2) is 0 Å². The molecule has 0 unspecified atom stereocenters. The number of halogens is 1. The van der Waals surface area contributed by atoms with Crippen molar-refractivity contribution in [2.45, 2.75) is 38.5 Å². The van der Waals surface area contributed by atoms with Crippen molar-refractivity contribution in [2.75, 3.05) is 10.6 Å². The maximum absolute atomic E-state index is 13.6. The molecule has 0 bridgehead atoms. The predicted octanol–water partition coefficient (Wildman–Crippen LogP) is 3.86. The molecule has 5 heteroatoms. The second-order valence-corrected chi connectivity index (χ2v) is 5.63. The van der Waals surface area contributed by atoms with Crippen molar-refractivity contribution in [3.05, 3.63) is 36.7 Å². The van der Waals surface area contributed by atoms with Crippen molar-refractivity contribution in [2.24, 2.45) is 5.92 Å². The lowest BCUT2D eigenvalue weighted by atomic mass is 10.0. The molecule has 1 fully saturated rings. The molecule has 1 aliphatic rings. The fraction of sp³-hybridized carbons (Fsp3) is 0.412. The Morgan fingerprint density at radius 3 is 2.68 bits per heavy atom. The van der Waals surface area contributed by atoms with Crippen LogP contribution < -0.4 is 10.6 Å². The van der Waals surface area contributed by atoms with E-state index in [-0.39, 0.29) is 11.6 Å². The van der Waals surface area contributed by atoms with E-state index in [1.54, 1.807) is 0 Å². The first-order valence-electron chi connectivity index (χ1n) is 7.61. The van der Waals surface area contributed by atoms with Crippen molar-refractivity contribution in [3.63, 3.8) is 0 Å². The van der Waals surface area contributed by atoms with Gasteiger partial charge in [-0.2, -0.15) is 0 Å². The van der Waals surface area contributed by atoms with Crippen molar-refractivity contribution in [1.82, 2.24) is 0 Å². The number of carbonyl (C=O) groups is 2. The Hall–Kier alpha value is -2.17. The fourth-order valence-electron chi connectivity index (χ4n) is 2.74. The fourth-order valence-corrected chi connectivity index (χ4v) is 2.74. The van der Waals surface area contributed by atoms with E-state index >= 15 is 0 Å². The number of carbonyl (C=O) groups excluding carboxylic acids is 2. The lowest BCUT2D eigenvalue weighted by Crippen LogP contribution is -2.14. The third-order valence-corrected chi connectivity index (χ3v) is 3.95. The van der Waals surface area contributed by atoms with Gasteiger partial charge in [-0.15, -0.1) is 0 Å². The van der Waals surface area contributed by atoms with Gasteiger partial charge < -0.3 is 10.6 Å². The Balaban J connectivity index is 1.90. The molecule has 0 spiro atoms. The molecule has 118 valence electrons. The molecule has 2 rings (SSSR count). The molecule has 0 aromatic heterocycles. The van der Waals surface area contributed by atoms with Gasteiger partial charge in [0.1, 0.15) is 5.82 Å². The zero-order valence-corrected chi connectivity index (χ0v) is 12.5. The first-order valence-corrected chi connectivity index (χ1v) is 7.61. The van der Waals surface area contributed by atoms with Crippen molar-refractivity contribution < 1.29 is 14.0 Å². The van der Waals surface area contributed by atoms with Crippen molar-refractivity contribution in [3.8, 4) is 0 Å². The minimum Gasteiger partial charge on any atom is -0.326 e. The zero-order valence-electron chi connectivity index (χ0n) is 12.5. The summed E-state index contributed by atoms with van der Waals surface area (Å²) in [5.74, 6) is -0.483. The van der Waals surface area contributed by atoms with Gasteiger partial charge in [0.05, 0.1) is 5.69 Å². The quantitative estimate of drug-likeness (QED) is 0.784. The van der Waals surface area contributed by atoms with Crippen LogP contribution in [0.5, 0.6) is 0 Å². The zero-order chi connectivity index (χ0) is 15.9. The van der Waals surface area contributed by atoms with Gasteiger partial charge in [0.25, 0.3) is 0 Å². The Morgan fingerprint density at radius 2 is 2.00 bits per heavy atom. The van der Waals surface area contributed by atoms with E-state index in [0.717, 1.165) is 12.5 Å². The molecule has 1 aliphatic carbocycles. The van der Waals surface area contributed by atoms with Crippen LogP contribution in [0.25, 0.3) is 0 Å². The van der Waals surface area contributed by atoms with E-state index in [9.17, 15) is 14.0 Å². The van der Waals surface area contributed by atoms with Gasteiger partial charge in [0.2, 0.25) is 11.8 Å². The highest BCUT2D eigenvalue weighted by atomic mass is 19.1. The second kappa shape index (κ2) is 7.73. The van der Waals surface area contributed by atoms with Gasteiger partial charge in [-0.3, -0.25) is 9.59 Å². The van der Waals surface area contributed by atoms with Gasteiger partial charge in [-0.25, -0.2) is 4.39 Å². The lowest BCUT2D eigenvalue weighted by Gasteiger charge is -2.11. The third-order valence-electron chi connectivity index (χ3n) is 3.95. The Labute approximate surface area is 129 Å². The van der Waals surface area contributed by atoms with Crippen LogP contribution >= 0.6 is 0 Å². The van der Waals surface area contributed by atoms with E-state index in [2.05, 4.69) is 17.2 Å². The van der Waals surface area contributed by atoms with Gasteiger partial charge in [-0.05, 0) is 36.6 Å². The van der Waals surface area contributed by atoms with E-state index in [4.69, 9.17) is 0 Å². The molecule has 0 heterocycles. The molecule has 1 aromatic rings. The first-order chi connectivity index (χ1) is 10.6. The van der Waals surface area contributed by atoms with E-state index in [1.807, 2.05) is 0 Å². The summed E-state index contributed by atoms with van der Waals surface area (Å²) in [7, 11) is 0. The summed E-state index contributed by atoms with van der Waals surface area (Å²) in [6.45, 7) is 3.32. The summed E-state index contributed by atoms with van der Waals surface area (Å²) in [6, 6.07) is 4.10.